The molecule has 0 N–H and O–H groups in total. The van der Waals surface area contributed by atoms with Crippen LogP contribution in [-0.2, 0) is 11.2 Å². The van der Waals surface area contributed by atoms with Gasteiger partial charge >= 0.3 is 0 Å². The number of nitrogens with zero attached hydrogens (tertiary/aromatic N) is 2. The van der Waals surface area contributed by atoms with Crippen molar-refractivity contribution in [1.29, 1.82) is 0 Å². The summed E-state index contributed by atoms with van der Waals surface area (Å²) in [4.78, 5) is 17.3. The predicted molar refractivity (Wildman–Crippen MR) is 94.6 cm³/mol. The molecule has 1 aromatic carbocycles. The molecule has 1 amide bonds. The molecule has 2 heterocycles. The number of benzene rings is 1. The average Bonchev–Trinajstić information content (AvgIpc) is 2.89. The van der Waals surface area contributed by atoms with E-state index >= 15 is 0 Å². The molecular weight excluding hydrogens is 284 g/mol. The van der Waals surface area contributed by atoms with E-state index in [1.807, 2.05) is 0 Å². The second-order valence-electron chi connectivity index (χ2n) is 7.42. The van der Waals surface area contributed by atoms with Crippen molar-refractivity contribution < 1.29 is 4.79 Å². The first kappa shape index (κ1) is 16.5. The minimum atomic E-state index is 0.340. The number of amides is 1. The fraction of sp³-hybridized carbons (Fsp3) is 0.650. The van der Waals surface area contributed by atoms with E-state index in [0.717, 1.165) is 25.9 Å². The van der Waals surface area contributed by atoms with Crippen LogP contribution in [0.4, 0.5) is 0 Å². The summed E-state index contributed by atoms with van der Waals surface area (Å²) in [6.45, 7) is 8.72. The lowest BCUT2D eigenvalue weighted by Gasteiger charge is -2.25. The Hall–Kier alpha value is -1.35. The third-order valence-electron chi connectivity index (χ3n) is 5.43. The highest BCUT2D eigenvalue weighted by Crippen LogP contribution is 2.22. The van der Waals surface area contributed by atoms with Crippen LogP contribution in [0.25, 0.3) is 0 Å². The van der Waals surface area contributed by atoms with Gasteiger partial charge in [-0.25, -0.2) is 0 Å². The van der Waals surface area contributed by atoms with Crippen LogP contribution in [-0.4, -0.2) is 47.9 Å². The maximum atomic E-state index is 12.6. The molecule has 0 aliphatic carbocycles. The maximum absolute atomic E-state index is 12.6. The summed E-state index contributed by atoms with van der Waals surface area (Å²) in [5.74, 6) is 0.906. The zero-order valence-electron chi connectivity index (χ0n) is 14.6. The highest BCUT2D eigenvalue weighted by Gasteiger charge is 2.30. The second-order valence-corrected chi connectivity index (χ2v) is 7.42. The molecule has 2 fully saturated rings. The molecule has 3 nitrogen and oxygen atoms in total. The molecule has 2 aliphatic heterocycles. The number of hydrogen-bond acceptors (Lipinski definition) is 2. The number of carbonyl (C=O) groups is 1. The smallest absolute Gasteiger partial charge is 0.222 e. The molecule has 2 aliphatic rings. The van der Waals surface area contributed by atoms with Crippen molar-refractivity contribution in [2.24, 2.45) is 0 Å². The van der Waals surface area contributed by atoms with Crippen molar-refractivity contribution in [2.45, 2.75) is 57.9 Å². The fourth-order valence-corrected chi connectivity index (χ4v) is 3.91. The van der Waals surface area contributed by atoms with Gasteiger partial charge in [0.2, 0.25) is 5.91 Å². The van der Waals surface area contributed by atoms with Gasteiger partial charge in [-0.05, 0) is 49.3 Å². The summed E-state index contributed by atoms with van der Waals surface area (Å²) in [6, 6.07) is 9.39. The fourth-order valence-electron chi connectivity index (χ4n) is 3.91. The van der Waals surface area contributed by atoms with Gasteiger partial charge < -0.3 is 4.90 Å². The number of aryl methyl sites for hydroxylation is 1. The molecule has 3 rings (SSSR count). The molecule has 0 radical (unpaired) electrons. The number of hydrogen-bond donors (Lipinski definition) is 0. The Labute approximate surface area is 140 Å². The molecule has 126 valence electrons. The Morgan fingerprint density at radius 1 is 1.13 bits per heavy atom. The molecule has 1 unspecified atom stereocenters. The van der Waals surface area contributed by atoms with Crippen LogP contribution in [0.1, 0.15) is 56.6 Å². The third kappa shape index (κ3) is 4.14. The number of carbonyl (C=O) groups excluding carboxylic acids is 1. The van der Waals surface area contributed by atoms with E-state index in [4.69, 9.17) is 0 Å². The Morgan fingerprint density at radius 2 is 1.87 bits per heavy atom. The van der Waals surface area contributed by atoms with Crippen molar-refractivity contribution >= 4 is 5.91 Å². The summed E-state index contributed by atoms with van der Waals surface area (Å²) >= 11 is 0. The van der Waals surface area contributed by atoms with Gasteiger partial charge in [0.25, 0.3) is 0 Å². The Balaban J connectivity index is 1.52. The van der Waals surface area contributed by atoms with Crippen molar-refractivity contribution in [3.8, 4) is 0 Å². The zero-order valence-corrected chi connectivity index (χ0v) is 14.6. The minimum absolute atomic E-state index is 0.340. The second kappa shape index (κ2) is 7.48. The van der Waals surface area contributed by atoms with E-state index in [-0.39, 0.29) is 0 Å². The van der Waals surface area contributed by atoms with Crippen LogP contribution in [0.5, 0.6) is 0 Å². The summed E-state index contributed by atoms with van der Waals surface area (Å²) in [6.07, 6.45) is 5.20. The van der Waals surface area contributed by atoms with Gasteiger partial charge in [0, 0.05) is 32.1 Å². The highest BCUT2D eigenvalue weighted by atomic mass is 16.2. The molecule has 0 aromatic heterocycles. The molecule has 0 bridgehead atoms. The van der Waals surface area contributed by atoms with Crippen LogP contribution in [0.3, 0.4) is 0 Å². The Kier molecular flexibility index (Phi) is 5.37. The number of fused-ring (bicyclic) bond motifs is 1. The molecule has 3 heteroatoms. The first-order valence-corrected chi connectivity index (χ1v) is 9.24. The number of rotatable bonds is 4. The molecular formula is C20H30N2O. The summed E-state index contributed by atoms with van der Waals surface area (Å²) in [7, 11) is 0. The standard InChI is InChI=1S/C20H30N2O/c1-16(2)18-9-6-17(7-10-18)8-11-20(23)22-14-4-13-21-12-3-5-19(21)15-22/h6-7,9-10,16,19H,3-5,8,11-15H2,1-2H3. The summed E-state index contributed by atoms with van der Waals surface area (Å²) < 4.78 is 0. The maximum Gasteiger partial charge on any atom is 0.222 e. The van der Waals surface area contributed by atoms with Crippen LogP contribution < -0.4 is 0 Å². The summed E-state index contributed by atoms with van der Waals surface area (Å²) in [5, 5.41) is 0. The van der Waals surface area contributed by atoms with Crippen LogP contribution in [0, 0.1) is 0 Å². The van der Waals surface area contributed by atoms with Gasteiger partial charge in [0.15, 0.2) is 0 Å². The van der Waals surface area contributed by atoms with Crippen LogP contribution >= 0.6 is 0 Å². The first-order valence-electron chi connectivity index (χ1n) is 9.24. The van der Waals surface area contributed by atoms with E-state index in [1.54, 1.807) is 0 Å². The molecule has 0 saturated carbocycles. The third-order valence-corrected chi connectivity index (χ3v) is 5.43. The van der Waals surface area contributed by atoms with E-state index in [1.165, 1.54) is 37.1 Å². The minimum Gasteiger partial charge on any atom is -0.341 e. The van der Waals surface area contributed by atoms with E-state index in [2.05, 4.69) is 47.9 Å². The van der Waals surface area contributed by atoms with Gasteiger partial charge in [-0.1, -0.05) is 38.1 Å². The van der Waals surface area contributed by atoms with E-state index in [0.29, 0.717) is 24.3 Å². The quantitative estimate of drug-likeness (QED) is 0.850. The Morgan fingerprint density at radius 3 is 2.61 bits per heavy atom. The normalized spacial score (nSPS) is 22.2. The lowest BCUT2D eigenvalue weighted by atomic mass is 10.00. The predicted octanol–water partition coefficient (Wildman–Crippen LogP) is 3.44. The Bertz CT molecular complexity index is 523. The summed E-state index contributed by atoms with van der Waals surface area (Å²) in [5.41, 5.74) is 2.65. The largest absolute Gasteiger partial charge is 0.341 e. The SMILES string of the molecule is CC(C)c1ccc(CCC(=O)N2CCCN3CCCC3C2)cc1. The van der Waals surface area contributed by atoms with E-state index < -0.39 is 0 Å². The van der Waals surface area contributed by atoms with E-state index in [9.17, 15) is 4.79 Å². The monoisotopic (exact) mass is 314 g/mol. The topological polar surface area (TPSA) is 23.6 Å². The lowest BCUT2D eigenvalue weighted by molar-refractivity contribution is -0.131. The van der Waals surface area contributed by atoms with Crippen molar-refractivity contribution in [3.05, 3.63) is 35.4 Å². The molecule has 2 saturated heterocycles. The van der Waals surface area contributed by atoms with Crippen molar-refractivity contribution in [3.63, 3.8) is 0 Å². The molecule has 1 aromatic rings. The van der Waals surface area contributed by atoms with Crippen molar-refractivity contribution in [1.82, 2.24) is 9.80 Å². The highest BCUT2D eigenvalue weighted by molar-refractivity contribution is 5.76. The first-order chi connectivity index (χ1) is 11.1. The zero-order chi connectivity index (χ0) is 16.2. The average molecular weight is 314 g/mol. The van der Waals surface area contributed by atoms with Crippen molar-refractivity contribution in [2.75, 3.05) is 26.2 Å². The molecule has 0 spiro atoms. The lowest BCUT2D eigenvalue weighted by Crippen LogP contribution is -2.39. The molecule has 23 heavy (non-hydrogen) atoms. The van der Waals surface area contributed by atoms with Gasteiger partial charge in [-0.15, -0.1) is 0 Å². The van der Waals surface area contributed by atoms with Gasteiger partial charge in [0.05, 0.1) is 0 Å². The van der Waals surface area contributed by atoms with Gasteiger partial charge in [0.1, 0.15) is 0 Å². The molecule has 1 atom stereocenters. The van der Waals surface area contributed by atoms with Gasteiger partial charge in [-0.2, -0.15) is 0 Å². The van der Waals surface area contributed by atoms with Crippen LogP contribution in [0.15, 0.2) is 24.3 Å². The van der Waals surface area contributed by atoms with Crippen LogP contribution in [0.2, 0.25) is 0 Å². The van der Waals surface area contributed by atoms with Gasteiger partial charge in [-0.3, -0.25) is 9.69 Å².